The van der Waals surface area contributed by atoms with Crippen molar-refractivity contribution in [1.29, 1.82) is 0 Å². The van der Waals surface area contributed by atoms with Gasteiger partial charge in [-0.3, -0.25) is 14.9 Å². The van der Waals surface area contributed by atoms with Gasteiger partial charge in [-0.1, -0.05) is 39.0 Å². The molecule has 0 bridgehead atoms. The Labute approximate surface area is 125 Å². The van der Waals surface area contributed by atoms with Crippen LogP contribution in [-0.2, 0) is 4.79 Å². The second kappa shape index (κ2) is 9.10. The van der Waals surface area contributed by atoms with Crippen molar-refractivity contribution in [2.75, 3.05) is 5.32 Å². The van der Waals surface area contributed by atoms with Crippen molar-refractivity contribution in [2.45, 2.75) is 58.8 Å². The average Bonchev–Trinajstić information content (AvgIpc) is 2.44. The Morgan fingerprint density at radius 1 is 1.19 bits per heavy atom. The van der Waals surface area contributed by atoms with Gasteiger partial charge in [0.2, 0.25) is 5.91 Å². The molecule has 0 heterocycles. The highest BCUT2D eigenvalue weighted by Crippen LogP contribution is 2.21. The number of nitrogens with one attached hydrogen (secondary N) is 1. The third-order valence-corrected chi connectivity index (χ3v) is 3.45. The van der Waals surface area contributed by atoms with Gasteiger partial charge < -0.3 is 5.32 Å². The van der Waals surface area contributed by atoms with Gasteiger partial charge in [0, 0.05) is 24.2 Å². The number of aryl methyl sites for hydroxylation is 1. The van der Waals surface area contributed by atoms with Crippen molar-refractivity contribution in [2.24, 2.45) is 0 Å². The molecule has 0 aliphatic carbocycles. The van der Waals surface area contributed by atoms with E-state index in [2.05, 4.69) is 12.2 Å². The van der Waals surface area contributed by atoms with Crippen LogP contribution in [0, 0.1) is 17.0 Å². The lowest BCUT2D eigenvalue weighted by molar-refractivity contribution is -0.384. The average molecular weight is 292 g/mol. The Balaban J connectivity index is 2.36. The molecule has 1 rings (SSSR count). The Hall–Kier alpha value is -1.91. The second-order valence-electron chi connectivity index (χ2n) is 5.32. The molecule has 0 aliphatic rings. The normalized spacial score (nSPS) is 10.4. The highest BCUT2D eigenvalue weighted by molar-refractivity contribution is 5.91. The molecule has 5 heteroatoms. The summed E-state index contributed by atoms with van der Waals surface area (Å²) >= 11 is 0. The molecule has 1 N–H and O–H groups in total. The van der Waals surface area contributed by atoms with Crippen molar-refractivity contribution in [3.63, 3.8) is 0 Å². The highest BCUT2D eigenvalue weighted by atomic mass is 16.6. The largest absolute Gasteiger partial charge is 0.326 e. The molecule has 1 amide bonds. The predicted molar refractivity (Wildman–Crippen MR) is 84.5 cm³/mol. The van der Waals surface area contributed by atoms with Gasteiger partial charge in [0.1, 0.15) is 0 Å². The molecule has 0 aromatic heterocycles. The first-order valence-electron chi connectivity index (χ1n) is 7.59. The zero-order valence-corrected chi connectivity index (χ0v) is 12.9. The van der Waals surface area contributed by atoms with Crippen LogP contribution >= 0.6 is 0 Å². The van der Waals surface area contributed by atoms with Gasteiger partial charge in [0.05, 0.1) is 4.92 Å². The van der Waals surface area contributed by atoms with Gasteiger partial charge in [0.15, 0.2) is 0 Å². The number of hydrogen-bond donors (Lipinski definition) is 1. The fourth-order valence-corrected chi connectivity index (χ4v) is 2.18. The molecule has 0 atom stereocenters. The molecule has 1 aromatic rings. The van der Waals surface area contributed by atoms with Crippen molar-refractivity contribution in [3.05, 3.63) is 33.9 Å². The number of nitro benzene ring substituents is 1. The lowest BCUT2D eigenvalue weighted by Crippen LogP contribution is -2.12. The number of hydrogen-bond acceptors (Lipinski definition) is 3. The molecule has 0 unspecified atom stereocenters. The maximum Gasteiger partial charge on any atom is 0.269 e. The van der Waals surface area contributed by atoms with Gasteiger partial charge in [-0.2, -0.15) is 0 Å². The molecule has 116 valence electrons. The van der Waals surface area contributed by atoms with Gasteiger partial charge in [0.25, 0.3) is 5.69 Å². The minimum Gasteiger partial charge on any atom is -0.326 e. The maximum atomic E-state index is 11.8. The van der Waals surface area contributed by atoms with Crippen molar-refractivity contribution < 1.29 is 9.72 Å². The number of anilines is 1. The van der Waals surface area contributed by atoms with Crippen LogP contribution in [0.4, 0.5) is 11.4 Å². The standard InChI is InChI=1S/C16H24N2O3/c1-3-4-5-6-7-8-9-16(19)17-15-11-10-14(18(20)21)12-13(15)2/h10-12H,3-9H2,1-2H3,(H,17,19). The maximum absolute atomic E-state index is 11.8. The molecule has 0 aliphatic heterocycles. The Morgan fingerprint density at radius 3 is 2.48 bits per heavy atom. The van der Waals surface area contributed by atoms with Crippen LogP contribution in [0.15, 0.2) is 18.2 Å². The lowest BCUT2D eigenvalue weighted by atomic mass is 10.1. The van der Waals surface area contributed by atoms with E-state index in [0.717, 1.165) is 12.8 Å². The first-order valence-corrected chi connectivity index (χ1v) is 7.59. The summed E-state index contributed by atoms with van der Waals surface area (Å²) in [4.78, 5) is 22.0. The number of non-ortho nitro benzene ring substituents is 1. The number of nitro groups is 1. The van der Waals surface area contributed by atoms with Crippen LogP contribution in [0.1, 0.15) is 57.4 Å². The topological polar surface area (TPSA) is 72.2 Å². The number of unbranched alkanes of at least 4 members (excludes halogenated alkanes) is 5. The van der Waals surface area contributed by atoms with E-state index in [4.69, 9.17) is 0 Å². The van der Waals surface area contributed by atoms with Crippen LogP contribution in [0.25, 0.3) is 0 Å². The van der Waals surface area contributed by atoms with E-state index in [9.17, 15) is 14.9 Å². The Morgan fingerprint density at radius 2 is 1.86 bits per heavy atom. The van der Waals surface area contributed by atoms with E-state index in [1.807, 2.05) is 0 Å². The molecule has 0 fully saturated rings. The monoisotopic (exact) mass is 292 g/mol. The van der Waals surface area contributed by atoms with Gasteiger partial charge in [-0.15, -0.1) is 0 Å². The quantitative estimate of drug-likeness (QED) is 0.411. The minimum atomic E-state index is -0.436. The first kappa shape index (κ1) is 17.1. The summed E-state index contributed by atoms with van der Waals surface area (Å²) in [6.07, 6.45) is 7.36. The number of carbonyl (C=O) groups is 1. The molecule has 21 heavy (non-hydrogen) atoms. The van der Waals surface area contributed by atoms with Crippen molar-refractivity contribution in [1.82, 2.24) is 0 Å². The molecular weight excluding hydrogens is 268 g/mol. The summed E-state index contributed by atoms with van der Waals surface area (Å²) in [6, 6.07) is 4.47. The molecule has 0 radical (unpaired) electrons. The van der Waals surface area contributed by atoms with Crippen LogP contribution in [-0.4, -0.2) is 10.8 Å². The fourth-order valence-electron chi connectivity index (χ4n) is 2.18. The summed E-state index contributed by atoms with van der Waals surface area (Å²) in [5.74, 6) is -0.0255. The third-order valence-electron chi connectivity index (χ3n) is 3.45. The van der Waals surface area contributed by atoms with Crippen molar-refractivity contribution in [3.8, 4) is 0 Å². The summed E-state index contributed by atoms with van der Waals surface area (Å²) < 4.78 is 0. The summed E-state index contributed by atoms with van der Waals surface area (Å²) in [5.41, 5.74) is 1.40. The van der Waals surface area contributed by atoms with Crippen LogP contribution in [0.3, 0.4) is 0 Å². The van der Waals surface area contributed by atoms with Crippen molar-refractivity contribution >= 4 is 17.3 Å². The molecule has 0 saturated heterocycles. The Kier molecular flexibility index (Phi) is 7.43. The predicted octanol–water partition coefficient (Wildman–Crippen LogP) is 4.59. The van der Waals surface area contributed by atoms with E-state index >= 15 is 0 Å². The lowest BCUT2D eigenvalue weighted by Gasteiger charge is -2.08. The molecule has 5 nitrogen and oxygen atoms in total. The molecule has 0 spiro atoms. The SMILES string of the molecule is CCCCCCCCC(=O)Nc1ccc([N+](=O)[O-])cc1C. The number of amides is 1. The van der Waals surface area contributed by atoms with Crippen LogP contribution in [0.5, 0.6) is 0 Å². The summed E-state index contributed by atoms with van der Waals surface area (Å²) in [5, 5.41) is 13.5. The van der Waals surface area contributed by atoms with Crippen LogP contribution < -0.4 is 5.32 Å². The summed E-state index contributed by atoms with van der Waals surface area (Å²) in [7, 11) is 0. The molecular formula is C16H24N2O3. The van der Waals surface area contributed by atoms with Crippen LogP contribution in [0.2, 0.25) is 0 Å². The number of nitrogens with zero attached hydrogens (tertiary/aromatic N) is 1. The van der Waals surface area contributed by atoms with Gasteiger partial charge >= 0.3 is 0 Å². The summed E-state index contributed by atoms with van der Waals surface area (Å²) in [6.45, 7) is 3.94. The van der Waals surface area contributed by atoms with E-state index in [1.165, 1.54) is 37.8 Å². The third kappa shape index (κ3) is 6.38. The second-order valence-corrected chi connectivity index (χ2v) is 5.32. The zero-order valence-electron chi connectivity index (χ0n) is 12.9. The van der Waals surface area contributed by atoms with Gasteiger partial charge in [-0.05, 0) is 25.0 Å². The minimum absolute atomic E-state index is 0.0255. The number of rotatable bonds is 9. The number of benzene rings is 1. The fraction of sp³-hybridized carbons (Fsp3) is 0.562. The first-order chi connectivity index (χ1) is 10.0. The Bertz CT molecular complexity index is 486. The molecule has 1 aromatic carbocycles. The smallest absolute Gasteiger partial charge is 0.269 e. The number of carbonyl (C=O) groups excluding carboxylic acids is 1. The highest BCUT2D eigenvalue weighted by Gasteiger charge is 2.10. The van der Waals surface area contributed by atoms with E-state index < -0.39 is 4.92 Å². The van der Waals surface area contributed by atoms with Gasteiger partial charge in [-0.25, -0.2) is 0 Å². The van der Waals surface area contributed by atoms with E-state index in [-0.39, 0.29) is 11.6 Å². The van der Waals surface area contributed by atoms with E-state index in [1.54, 1.807) is 13.0 Å². The van der Waals surface area contributed by atoms with E-state index in [0.29, 0.717) is 17.7 Å². The molecule has 0 saturated carbocycles. The zero-order chi connectivity index (χ0) is 15.7.